The molecule has 0 radical (unpaired) electrons. The molecule has 2 fully saturated rings. The number of benzene rings is 3. The van der Waals surface area contributed by atoms with E-state index in [1.807, 2.05) is 100 Å². The normalized spacial score (nSPS) is 17.5. The third kappa shape index (κ3) is 20.7. The minimum Gasteiger partial charge on any atom is -0.748 e. The molecule has 2 saturated heterocycles. The maximum atomic E-state index is 14.7. The molecule has 4 aromatic rings. The number of aryl methyl sites for hydroxylation is 2. The van der Waals surface area contributed by atoms with Crippen LogP contribution in [0, 0.1) is 23.7 Å². The van der Waals surface area contributed by atoms with Crippen molar-refractivity contribution < 1.29 is 65.2 Å². The van der Waals surface area contributed by atoms with E-state index >= 15 is 0 Å². The van der Waals surface area contributed by atoms with Crippen LogP contribution >= 0.6 is 0 Å². The molecule has 414 valence electrons. The zero-order chi connectivity index (χ0) is 55.6. The molecule has 19 nitrogen and oxygen atoms in total. The van der Waals surface area contributed by atoms with Gasteiger partial charge in [0.15, 0.2) is 28.8 Å². The quantitative estimate of drug-likeness (QED) is 0.0241. The average molecular weight is 1070 g/mol. The molecule has 0 saturated carbocycles. The molecule has 2 amide bonds. The van der Waals surface area contributed by atoms with Crippen LogP contribution in [0.2, 0.25) is 0 Å². The van der Waals surface area contributed by atoms with Gasteiger partial charge in [-0.2, -0.15) is 0 Å². The van der Waals surface area contributed by atoms with Gasteiger partial charge in [0.25, 0.3) is 0 Å². The van der Waals surface area contributed by atoms with Crippen molar-refractivity contribution in [2.24, 2.45) is 30.7 Å². The van der Waals surface area contributed by atoms with E-state index in [1.54, 1.807) is 30.9 Å². The zero-order valence-corrected chi connectivity index (χ0v) is 46.0. The number of ketones is 3. The number of quaternary nitrogens is 1. The Morgan fingerprint density at radius 1 is 0.816 bits per heavy atom. The van der Waals surface area contributed by atoms with E-state index in [0.717, 1.165) is 16.7 Å². The molecule has 2 aliphatic heterocycles. The summed E-state index contributed by atoms with van der Waals surface area (Å²) in [6.07, 6.45) is 4.02. The summed E-state index contributed by atoms with van der Waals surface area (Å²) in [6.45, 7) is 13.9. The van der Waals surface area contributed by atoms with Crippen molar-refractivity contribution in [3.05, 3.63) is 107 Å². The van der Waals surface area contributed by atoms with Crippen molar-refractivity contribution in [2.45, 2.75) is 117 Å². The third-order valence-electron chi connectivity index (χ3n) is 13.2. The highest BCUT2D eigenvalue weighted by Gasteiger charge is 2.50. The van der Waals surface area contributed by atoms with E-state index in [2.05, 4.69) is 20.9 Å². The summed E-state index contributed by atoms with van der Waals surface area (Å²) in [5, 5.41) is 14.2. The number of amides is 2. The average Bonchev–Trinajstić information content (AvgIpc) is 3.97. The number of Topliss-reactive ketones (excluding diaryl/α,β-unsaturated/α-hetero) is 3. The Labute approximate surface area is 447 Å². The first-order valence-corrected chi connectivity index (χ1v) is 27.7. The van der Waals surface area contributed by atoms with Crippen LogP contribution in [0.15, 0.2) is 85.1 Å². The van der Waals surface area contributed by atoms with Gasteiger partial charge in [0.2, 0.25) is 11.8 Å². The number of nitrogens with one attached hydrogen (secondary N) is 2. The van der Waals surface area contributed by atoms with E-state index in [-0.39, 0.29) is 67.3 Å². The van der Waals surface area contributed by atoms with Gasteiger partial charge in [-0.05, 0) is 80.2 Å². The molecule has 0 unspecified atom stereocenters. The molecule has 5 atom stereocenters. The van der Waals surface area contributed by atoms with Crippen molar-refractivity contribution in [1.29, 1.82) is 0 Å². The molecule has 0 aliphatic carbocycles. The van der Waals surface area contributed by atoms with Gasteiger partial charge in [-0.3, -0.25) is 33.4 Å². The second-order valence-corrected chi connectivity index (χ2v) is 22.7. The fourth-order valence-electron chi connectivity index (χ4n) is 9.32. The third-order valence-corrected chi connectivity index (χ3v) is 13.2. The Morgan fingerprint density at radius 3 is 1.96 bits per heavy atom. The molecular weight excluding hydrogens is 997 g/mol. The van der Waals surface area contributed by atoms with Crippen LogP contribution in [0.3, 0.4) is 0 Å². The van der Waals surface area contributed by atoms with Crippen molar-refractivity contribution in [1.82, 2.24) is 25.6 Å². The van der Waals surface area contributed by atoms with Crippen molar-refractivity contribution in [3.8, 4) is 11.5 Å². The summed E-state index contributed by atoms with van der Waals surface area (Å²) in [5.41, 5.74) is 2.39. The molecular formula is C56H76N6O13S. The molecule has 3 heterocycles. The first-order valence-electron chi connectivity index (χ1n) is 25.9. The molecule has 2 N–H and O–H groups in total. The monoisotopic (exact) mass is 1070 g/mol. The SMILES string of the molecule is CC(=O)Oc1ccc(C[N+]2(CC(=O)C[C@@H](CCc3ccccc3)C(=O)N[C@@H](CC(C)C)C(=O)C[C@@H](Cc3ccccc3)C(=O)N[C@@H](CC(C)C)C(=O)[C@@]3(C)CO3)CCOCC2)cc1OCc1cn(C)nn1.CS(=O)(=O)[O-]. The van der Waals surface area contributed by atoms with Crippen molar-refractivity contribution in [3.63, 3.8) is 0 Å². The van der Waals surface area contributed by atoms with E-state index in [0.29, 0.717) is 87.3 Å². The Hall–Kier alpha value is -6.19. The number of nitrogens with zero attached hydrogens (tertiary/aromatic N) is 4. The Morgan fingerprint density at radius 2 is 1.39 bits per heavy atom. The standard InChI is InChI=1S/C55H72N6O10.CH4O3S/c1-37(2)26-47(49(64)31-44(28-41-16-12-9-13-17-41)54(67)57-48(27-38(3)4)52(65)55(6)36-70-55)56-53(66)43(20-18-40-14-10-8-11-15-40)30-46(63)34-61(22-24-68-25-23-61)33-42-19-21-50(71-39(5)62)51(29-42)69-35-45-32-60(7)59-58-45;1-5(2,3)4/h8-17,19,21,29,32,37-38,43-44,47-48H,18,20,22-28,30-31,33-36H2,1-7H3,(H-,56,57,66,67);1H3,(H,2,3,4)/t43-,44-,47+,48+,55-;/m1./s1. The second-order valence-electron chi connectivity index (χ2n) is 21.3. The number of aromatic nitrogens is 3. The molecule has 2 aliphatic rings. The Balaban J connectivity index is 0.00000203. The first-order chi connectivity index (χ1) is 35.9. The van der Waals surface area contributed by atoms with Crippen LogP contribution in [0.1, 0.15) is 96.0 Å². The van der Waals surface area contributed by atoms with Gasteiger partial charge in [0, 0.05) is 50.5 Å². The minimum absolute atomic E-state index is 0.00840. The number of morpholine rings is 1. The van der Waals surface area contributed by atoms with E-state index < -0.39 is 57.4 Å². The first kappa shape index (κ1) is 60.7. The maximum Gasteiger partial charge on any atom is 0.308 e. The lowest BCUT2D eigenvalue weighted by Crippen LogP contribution is -2.57. The fourth-order valence-corrected chi connectivity index (χ4v) is 9.32. The van der Waals surface area contributed by atoms with Gasteiger partial charge < -0.3 is 38.6 Å². The number of rotatable bonds is 28. The zero-order valence-electron chi connectivity index (χ0n) is 45.2. The van der Waals surface area contributed by atoms with Gasteiger partial charge in [-0.1, -0.05) is 93.6 Å². The summed E-state index contributed by atoms with van der Waals surface area (Å²) in [5.74, 6) is -2.73. The predicted molar refractivity (Wildman–Crippen MR) is 281 cm³/mol. The van der Waals surface area contributed by atoms with Crippen LogP contribution in [0.5, 0.6) is 11.5 Å². The second kappa shape index (κ2) is 28.3. The molecule has 6 rings (SSSR count). The van der Waals surface area contributed by atoms with E-state index in [4.69, 9.17) is 31.9 Å². The number of hydrogen-bond acceptors (Lipinski definition) is 15. The highest BCUT2D eigenvalue weighted by Crippen LogP contribution is 2.33. The van der Waals surface area contributed by atoms with Gasteiger partial charge >= 0.3 is 5.97 Å². The topological polar surface area (TPSA) is 255 Å². The largest absolute Gasteiger partial charge is 0.748 e. The lowest BCUT2D eigenvalue weighted by Gasteiger charge is -2.41. The summed E-state index contributed by atoms with van der Waals surface area (Å²) in [7, 11) is -2.16. The molecule has 76 heavy (non-hydrogen) atoms. The molecule has 20 heteroatoms. The number of carbonyl (C=O) groups is 6. The number of carbonyl (C=O) groups excluding carboxylic acids is 6. The van der Waals surface area contributed by atoms with Gasteiger partial charge in [0.05, 0.1) is 48.2 Å². The van der Waals surface area contributed by atoms with Crippen LogP contribution in [0.4, 0.5) is 0 Å². The molecule has 0 spiro atoms. The lowest BCUT2D eigenvalue weighted by molar-refractivity contribution is -0.940. The van der Waals surface area contributed by atoms with Gasteiger partial charge in [-0.25, -0.2) is 8.42 Å². The number of ether oxygens (including phenoxy) is 4. The Kier molecular flexibility index (Phi) is 22.6. The number of epoxide rings is 1. The number of esters is 1. The van der Waals surface area contributed by atoms with Crippen LogP contribution in [-0.4, -0.2) is 131 Å². The summed E-state index contributed by atoms with van der Waals surface area (Å²) >= 11 is 0. The van der Waals surface area contributed by atoms with Crippen LogP contribution in [0.25, 0.3) is 0 Å². The smallest absolute Gasteiger partial charge is 0.308 e. The molecule has 1 aromatic heterocycles. The molecule has 0 bridgehead atoms. The lowest BCUT2D eigenvalue weighted by atomic mass is 9.87. The van der Waals surface area contributed by atoms with E-state index in [9.17, 15) is 28.8 Å². The fraction of sp³-hybridized carbons (Fsp3) is 0.536. The summed E-state index contributed by atoms with van der Waals surface area (Å²) in [6, 6.07) is 22.9. The number of hydrogen-bond donors (Lipinski definition) is 2. The Bertz CT molecular complexity index is 2680. The summed E-state index contributed by atoms with van der Waals surface area (Å²) in [4.78, 5) is 83.7. The highest BCUT2D eigenvalue weighted by molar-refractivity contribution is 7.84. The van der Waals surface area contributed by atoms with Crippen molar-refractivity contribution >= 4 is 45.3 Å². The minimum atomic E-state index is -3.92. The van der Waals surface area contributed by atoms with Gasteiger partial charge in [-0.15, -0.1) is 5.10 Å². The maximum absolute atomic E-state index is 14.7. The van der Waals surface area contributed by atoms with E-state index in [1.165, 1.54) is 6.92 Å². The molecule has 3 aromatic carbocycles. The van der Waals surface area contributed by atoms with Crippen LogP contribution in [-0.2, 0) is 81.4 Å². The van der Waals surface area contributed by atoms with Gasteiger partial charge in [0.1, 0.15) is 44.1 Å². The predicted octanol–water partition coefficient (Wildman–Crippen LogP) is 5.27. The van der Waals surface area contributed by atoms with Crippen molar-refractivity contribution in [2.75, 3.05) is 45.7 Å². The van der Waals surface area contributed by atoms with Crippen LogP contribution < -0.4 is 20.1 Å². The summed E-state index contributed by atoms with van der Waals surface area (Å²) < 4.78 is 52.0. The highest BCUT2D eigenvalue weighted by atomic mass is 32.2.